The molecule has 4 aromatic rings. The molecule has 10 nitrogen and oxygen atoms in total. The van der Waals surface area contributed by atoms with Crippen molar-refractivity contribution in [2.75, 3.05) is 59.7 Å². The van der Waals surface area contributed by atoms with Gasteiger partial charge in [-0.05, 0) is 82.9 Å². The molecule has 2 N–H and O–H groups in total. The van der Waals surface area contributed by atoms with E-state index >= 15 is 0 Å². The van der Waals surface area contributed by atoms with E-state index in [0.717, 1.165) is 66.1 Å². The zero-order chi connectivity index (χ0) is 34.3. The van der Waals surface area contributed by atoms with Crippen LogP contribution in [0.4, 0.5) is 0 Å². The van der Waals surface area contributed by atoms with Gasteiger partial charge in [0.25, 0.3) is 5.91 Å². The Bertz CT molecular complexity index is 1910. The predicted octanol–water partition coefficient (Wildman–Crippen LogP) is 6.30. The van der Waals surface area contributed by atoms with Crippen molar-refractivity contribution in [2.45, 2.75) is 6.42 Å². The normalized spacial score (nSPS) is 16.0. The maximum atomic E-state index is 13.4. The van der Waals surface area contributed by atoms with Crippen molar-refractivity contribution in [1.82, 2.24) is 9.80 Å². The lowest BCUT2D eigenvalue weighted by Crippen LogP contribution is -2.38. The van der Waals surface area contributed by atoms with Crippen molar-refractivity contribution in [2.24, 2.45) is 0 Å². The van der Waals surface area contributed by atoms with Crippen molar-refractivity contribution >= 4 is 57.0 Å². The van der Waals surface area contributed by atoms with E-state index in [1.807, 2.05) is 42.5 Å². The SMILES string of the molecule is COc1cc(C(=O)O)ccc1OCCCN1C(=O)C(=Cc2ccc(OCCN3CCOCC3)c(-c3ccc4cc(O)ccc4c3)c2)SC1=S. The van der Waals surface area contributed by atoms with E-state index in [9.17, 15) is 19.8 Å². The van der Waals surface area contributed by atoms with E-state index in [1.165, 1.54) is 31.0 Å². The number of thioether (sulfide) groups is 1. The third kappa shape index (κ3) is 8.34. The second-order valence-corrected chi connectivity index (χ2v) is 13.2. The average Bonchev–Trinajstić information content (AvgIpc) is 3.37. The van der Waals surface area contributed by atoms with E-state index in [0.29, 0.717) is 40.3 Å². The molecule has 0 aliphatic carbocycles. The highest BCUT2D eigenvalue weighted by atomic mass is 32.2. The smallest absolute Gasteiger partial charge is 0.335 e. The number of benzene rings is 4. The molecule has 2 aliphatic rings. The number of ether oxygens (including phenoxy) is 4. The maximum absolute atomic E-state index is 13.4. The molecular formula is C37H36N2O8S2. The van der Waals surface area contributed by atoms with E-state index in [2.05, 4.69) is 11.0 Å². The minimum absolute atomic E-state index is 0.102. The Kier molecular flexibility index (Phi) is 11.0. The molecule has 12 heteroatoms. The maximum Gasteiger partial charge on any atom is 0.335 e. The van der Waals surface area contributed by atoms with Crippen LogP contribution in [0, 0.1) is 0 Å². The van der Waals surface area contributed by atoms with Crippen LogP contribution in [0.3, 0.4) is 0 Å². The molecule has 0 saturated carbocycles. The highest BCUT2D eigenvalue weighted by Gasteiger charge is 2.31. The number of carboxylic acids is 1. The van der Waals surface area contributed by atoms with Gasteiger partial charge in [0.1, 0.15) is 22.4 Å². The van der Waals surface area contributed by atoms with Crippen molar-refractivity contribution in [3.05, 3.63) is 88.8 Å². The number of carboxylic acid groups (broad SMARTS) is 1. The fraction of sp³-hybridized carbons (Fsp3) is 0.270. The number of phenols is 1. The first-order valence-corrected chi connectivity index (χ1v) is 17.1. The van der Waals surface area contributed by atoms with Gasteiger partial charge in [-0.25, -0.2) is 4.79 Å². The van der Waals surface area contributed by atoms with Crippen LogP contribution in [0.5, 0.6) is 23.0 Å². The molecule has 0 spiro atoms. The molecule has 6 rings (SSSR count). The average molecular weight is 701 g/mol. The van der Waals surface area contributed by atoms with Crippen LogP contribution in [-0.4, -0.2) is 95.9 Å². The summed E-state index contributed by atoms with van der Waals surface area (Å²) in [6.07, 6.45) is 2.36. The number of carbonyl (C=O) groups excluding carboxylic acids is 1. The van der Waals surface area contributed by atoms with E-state index < -0.39 is 5.97 Å². The van der Waals surface area contributed by atoms with Crippen molar-refractivity contribution in [3.8, 4) is 34.1 Å². The van der Waals surface area contributed by atoms with Crippen LogP contribution < -0.4 is 14.2 Å². The van der Waals surface area contributed by atoms with Crippen LogP contribution in [-0.2, 0) is 9.53 Å². The summed E-state index contributed by atoms with van der Waals surface area (Å²) >= 11 is 6.83. The molecule has 0 radical (unpaired) electrons. The van der Waals surface area contributed by atoms with Crippen molar-refractivity contribution < 1.29 is 38.7 Å². The van der Waals surface area contributed by atoms with E-state index in [4.69, 9.17) is 31.2 Å². The first-order chi connectivity index (χ1) is 23.8. The second kappa shape index (κ2) is 15.7. The van der Waals surface area contributed by atoms with Crippen LogP contribution in [0.15, 0.2) is 77.7 Å². The van der Waals surface area contributed by atoms with Crippen LogP contribution in [0.25, 0.3) is 28.0 Å². The molecule has 49 heavy (non-hydrogen) atoms. The molecule has 0 bridgehead atoms. The van der Waals surface area contributed by atoms with Crippen LogP contribution in [0.1, 0.15) is 22.3 Å². The summed E-state index contributed by atoms with van der Waals surface area (Å²) in [4.78, 5) is 29.1. The lowest BCUT2D eigenvalue weighted by Gasteiger charge is -2.26. The topological polar surface area (TPSA) is 118 Å². The van der Waals surface area contributed by atoms with Crippen LogP contribution in [0.2, 0.25) is 0 Å². The number of phenolic OH excluding ortho intramolecular Hbond substituents is 1. The Morgan fingerprint density at radius 3 is 2.47 bits per heavy atom. The number of hydrogen-bond acceptors (Lipinski definition) is 10. The summed E-state index contributed by atoms with van der Waals surface area (Å²) in [5.74, 6) is 0.479. The largest absolute Gasteiger partial charge is 0.508 e. The second-order valence-electron chi connectivity index (χ2n) is 11.5. The number of nitrogens with zero attached hydrogens (tertiary/aromatic N) is 2. The summed E-state index contributed by atoms with van der Waals surface area (Å²) in [6, 6.07) is 21.7. The van der Waals surface area contributed by atoms with Crippen molar-refractivity contribution in [3.63, 3.8) is 0 Å². The molecule has 0 atom stereocenters. The minimum Gasteiger partial charge on any atom is -0.508 e. The van der Waals surface area contributed by atoms with E-state index in [1.54, 1.807) is 23.1 Å². The van der Waals surface area contributed by atoms with Gasteiger partial charge in [-0.2, -0.15) is 0 Å². The van der Waals surface area contributed by atoms with Gasteiger partial charge >= 0.3 is 5.97 Å². The summed E-state index contributed by atoms with van der Waals surface area (Å²) < 4.78 is 23.4. The number of morpholine rings is 1. The number of aromatic hydroxyl groups is 1. The van der Waals surface area contributed by atoms with Crippen molar-refractivity contribution in [1.29, 1.82) is 0 Å². The number of methoxy groups -OCH3 is 1. The monoisotopic (exact) mass is 700 g/mol. The third-order valence-electron chi connectivity index (χ3n) is 8.27. The molecule has 2 fully saturated rings. The number of hydrogen-bond donors (Lipinski definition) is 2. The lowest BCUT2D eigenvalue weighted by atomic mass is 9.98. The lowest BCUT2D eigenvalue weighted by molar-refractivity contribution is -0.122. The number of amides is 1. The standard InChI is InChI=1S/C37H36N2O8S2/c1-44-33-23-28(36(42)43)7-10-32(33)46-15-2-11-39-35(41)34(49-37(39)48)20-24-3-9-31(47-18-14-38-12-16-45-17-13-38)30(19-24)27-5-4-26-22-29(40)8-6-25(26)21-27/h3-10,19-23,40H,2,11-18H2,1H3,(H,42,43). The van der Waals surface area contributed by atoms with Gasteiger partial charge in [-0.15, -0.1) is 0 Å². The summed E-state index contributed by atoms with van der Waals surface area (Å²) in [7, 11) is 1.45. The zero-order valence-corrected chi connectivity index (χ0v) is 28.6. The van der Waals surface area contributed by atoms with Gasteiger partial charge in [0.15, 0.2) is 11.5 Å². The number of fused-ring (bicyclic) bond motifs is 1. The summed E-state index contributed by atoms with van der Waals surface area (Å²) in [5, 5.41) is 21.1. The molecule has 4 aromatic carbocycles. The molecule has 2 saturated heterocycles. The highest BCUT2D eigenvalue weighted by Crippen LogP contribution is 2.37. The first kappa shape index (κ1) is 34.3. The third-order valence-corrected chi connectivity index (χ3v) is 9.65. The molecule has 2 heterocycles. The van der Waals surface area contributed by atoms with Gasteiger partial charge in [-0.1, -0.05) is 48.2 Å². The quantitative estimate of drug-likeness (QED) is 0.0930. The fourth-order valence-electron chi connectivity index (χ4n) is 5.67. The van der Waals surface area contributed by atoms with Gasteiger partial charge in [0, 0.05) is 31.7 Å². The molecule has 1 amide bonds. The Hall–Kier alpha value is -4.62. The number of carbonyl (C=O) groups is 2. The number of thiocarbonyl (C=S) groups is 1. The van der Waals surface area contributed by atoms with Gasteiger partial charge < -0.3 is 29.2 Å². The minimum atomic E-state index is -1.05. The first-order valence-electron chi connectivity index (χ1n) is 15.9. The molecule has 0 aromatic heterocycles. The van der Waals surface area contributed by atoms with Gasteiger partial charge in [-0.3, -0.25) is 14.6 Å². The molecule has 0 unspecified atom stereocenters. The highest BCUT2D eigenvalue weighted by molar-refractivity contribution is 8.26. The van der Waals surface area contributed by atoms with Gasteiger partial charge in [0.05, 0.1) is 37.4 Å². The van der Waals surface area contributed by atoms with E-state index in [-0.39, 0.29) is 23.8 Å². The Balaban J connectivity index is 1.16. The van der Waals surface area contributed by atoms with Crippen LogP contribution >= 0.6 is 24.0 Å². The molecular weight excluding hydrogens is 665 g/mol. The zero-order valence-electron chi connectivity index (χ0n) is 26.9. The molecule has 2 aliphatic heterocycles. The van der Waals surface area contributed by atoms with Gasteiger partial charge in [0.2, 0.25) is 0 Å². The Labute approximate surface area is 293 Å². The predicted molar refractivity (Wildman–Crippen MR) is 194 cm³/mol. The summed E-state index contributed by atoms with van der Waals surface area (Å²) in [5.41, 5.74) is 2.79. The number of aromatic carboxylic acids is 1. The Morgan fingerprint density at radius 1 is 0.918 bits per heavy atom. The fourth-order valence-corrected chi connectivity index (χ4v) is 6.98. The molecule has 254 valence electrons. The number of rotatable bonds is 13. The Morgan fingerprint density at radius 2 is 1.67 bits per heavy atom. The summed E-state index contributed by atoms with van der Waals surface area (Å²) in [6.45, 7) is 5.19.